The summed E-state index contributed by atoms with van der Waals surface area (Å²) in [5.41, 5.74) is 0.954. The molecule has 0 spiro atoms. The number of nitrogens with zero attached hydrogens (tertiary/aromatic N) is 3. The smallest absolute Gasteiger partial charge is 0.271 e. The third kappa shape index (κ3) is 3.94. The highest BCUT2D eigenvalue weighted by molar-refractivity contribution is 6.33. The molecule has 1 aromatic carbocycles. The fourth-order valence-corrected chi connectivity index (χ4v) is 3.71. The molecule has 7 heteroatoms. The van der Waals surface area contributed by atoms with Crippen LogP contribution in [-0.2, 0) is 4.74 Å². The Morgan fingerprint density at radius 3 is 2.74 bits per heavy atom. The number of ether oxygens (including phenoxy) is 1. The highest BCUT2D eigenvalue weighted by atomic mass is 35.5. The Hall–Kier alpha value is -1.37. The summed E-state index contributed by atoms with van der Waals surface area (Å²) in [5.74, 6) is 0. The molecule has 3 rings (SSSR count). The van der Waals surface area contributed by atoms with Crippen LogP contribution >= 0.6 is 11.6 Å². The summed E-state index contributed by atoms with van der Waals surface area (Å²) in [7, 11) is 0. The molecule has 0 bridgehead atoms. The molecule has 2 aliphatic heterocycles. The molecule has 0 amide bonds. The normalized spacial score (nSPS) is 23.0. The predicted molar refractivity (Wildman–Crippen MR) is 90.4 cm³/mol. The molecule has 23 heavy (non-hydrogen) atoms. The molecular formula is C16H22ClN3O3. The summed E-state index contributed by atoms with van der Waals surface area (Å²) in [6, 6.07) is 5.19. The van der Waals surface area contributed by atoms with Crippen molar-refractivity contribution >= 4 is 23.0 Å². The van der Waals surface area contributed by atoms with Crippen molar-refractivity contribution in [2.75, 3.05) is 44.3 Å². The van der Waals surface area contributed by atoms with Crippen LogP contribution in [0.2, 0.25) is 5.02 Å². The molecule has 2 fully saturated rings. The number of halogens is 1. The number of nitro groups is 1. The van der Waals surface area contributed by atoms with Crippen molar-refractivity contribution in [2.45, 2.75) is 25.3 Å². The predicted octanol–water partition coefficient (Wildman–Crippen LogP) is 2.94. The zero-order chi connectivity index (χ0) is 16.2. The van der Waals surface area contributed by atoms with Crippen LogP contribution in [0.4, 0.5) is 11.4 Å². The lowest BCUT2D eigenvalue weighted by molar-refractivity contribution is -0.384. The first kappa shape index (κ1) is 16.5. The Bertz CT molecular complexity index is 564. The fourth-order valence-electron chi connectivity index (χ4n) is 3.43. The van der Waals surface area contributed by atoms with Gasteiger partial charge in [0.2, 0.25) is 0 Å². The van der Waals surface area contributed by atoms with Crippen LogP contribution < -0.4 is 4.90 Å². The second-order valence-corrected chi connectivity index (χ2v) is 6.56. The van der Waals surface area contributed by atoms with E-state index in [1.54, 1.807) is 12.1 Å². The van der Waals surface area contributed by atoms with Crippen molar-refractivity contribution in [1.29, 1.82) is 0 Å². The number of nitro benzene ring substituents is 1. The van der Waals surface area contributed by atoms with Crippen molar-refractivity contribution in [1.82, 2.24) is 4.90 Å². The first-order valence-electron chi connectivity index (χ1n) is 8.16. The number of hydrogen-bond acceptors (Lipinski definition) is 5. The minimum atomic E-state index is -0.406. The van der Waals surface area contributed by atoms with Gasteiger partial charge < -0.3 is 9.64 Å². The Balaban J connectivity index is 1.76. The van der Waals surface area contributed by atoms with Crippen LogP contribution in [0.3, 0.4) is 0 Å². The molecule has 0 unspecified atom stereocenters. The molecule has 1 atom stereocenters. The van der Waals surface area contributed by atoms with Crippen molar-refractivity contribution in [3.05, 3.63) is 33.3 Å². The number of anilines is 1. The van der Waals surface area contributed by atoms with Gasteiger partial charge in [0.05, 0.1) is 28.8 Å². The van der Waals surface area contributed by atoms with Gasteiger partial charge in [-0.2, -0.15) is 0 Å². The van der Waals surface area contributed by atoms with Crippen molar-refractivity contribution < 1.29 is 9.66 Å². The van der Waals surface area contributed by atoms with Crippen LogP contribution in [0, 0.1) is 10.1 Å². The maximum Gasteiger partial charge on any atom is 0.271 e. The van der Waals surface area contributed by atoms with Gasteiger partial charge in [-0.25, -0.2) is 0 Å². The van der Waals surface area contributed by atoms with E-state index in [1.165, 1.54) is 12.5 Å². The van der Waals surface area contributed by atoms with Gasteiger partial charge >= 0.3 is 0 Å². The topological polar surface area (TPSA) is 58.9 Å². The summed E-state index contributed by atoms with van der Waals surface area (Å²) >= 11 is 6.34. The monoisotopic (exact) mass is 339 g/mol. The quantitative estimate of drug-likeness (QED) is 0.623. The van der Waals surface area contributed by atoms with Crippen LogP contribution in [0.1, 0.15) is 19.3 Å². The van der Waals surface area contributed by atoms with Crippen LogP contribution in [0.5, 0.6) is 0 Å². The summed E-state index contributed by atoms with van der Waals surface area (Å²) < 4.78 is 5.41. The van der Waals surface area contributed by atoms with Gasteiger partial charge in [0.25, 0.3) is 5.69 Å². The molecule has 0 aromatic heterocycles. The molecule has 1 aromatic rings. The number of benzene rings is 1. The van der Waals surface area contributed by atoms with E-state index in [2.05, 4.69) is 9.80 Å². The molecule has 2 heterocycles. The molecule has 0 aliphatic carbocycles. The molecule has 2 aliphatic rings. The minimum absolute atomic E-state index is 0.0421. The Morgan fingerprint density at radius 2 is 2.04 bits per heavy atom. The molecule has 0 saturated carbocycles. The zero-order valence-corrected chi connectivity index (χ0v) is 13.9. The van der Waals surface area contributed by atoms with Crippen LogP contribution in [0.25, 0.3) is 0 Å². The molecule has 126 valence electrons. The molecular weight excluding hydrogens is 318 g/mol. The standard InChI is InChI=1S/C16H22ClN3O3/c17-15-11-13(20(21)22)4-5-16(15)19-6-2-1-3-14(19)12-18-7-9-23-10-8-18/h4-5,11,14H,1-3,6-10,12H2/t14-/m1/s1. The van der Waals surface area contributed by atoms with E-state index in [9.17, 15) is 10.1 Å². The summed E-state index contributed by atoms with van der Waals surface area (Å²) in [5, 5.41) is 11.3. The van der Waals surface area contributed by atoms with Gasteiger partial charge in [0.15, 0.2) is 0 Å². The van der Waals surface area contributed by atoms with E-state index in [4.69, 9.17) is 16.3 Å². The summed E-state index contributed by atoms with van der Waals surface area (Å²) in [6.07, 6.45) is 3.48. The molecule has 2 saturated heterocycles. The number of rotatable bonds is 4. The second kappa shape index (κ2) is 7.47. The average Bonchev–Trinajstić information content (AvgIpc) is 2.56. The summed E-state index contributed by atoms with van der Waals surface area (Å²) in [6.45, 7) is 5.48. The zero-order valence-electron chi connectivity index (χ0n) is 13.1. The molecule has 0 N–H and O–H groups in total. The van der Waals surface area contributed by atoms with Gasteiger partial charge in [0, 0.05) is 44.4 Å². The van der Waals surface area contributed by atoms with E-state index in [0.717, 1.165) is 57.9 Å². The maximum absolute atomic E-state index is 10.9. The first-order chi connectivity index (χ1) is 11.1. The van der Waals surface area contributed by atoms with Gasteiger partial charge in [-0.3, -0.25) is 15.0 Å². The largest absolute Gasteiger partial charge is 0.379 e. The lowest BCUT2D eigenvalue weighted by Gasteiger charge is -2.41. The van der Waals surface area contributed by atoms with E-state index < -0.39 is 4.92 Å². The van der Waals surface area contributed by atoms with Crippen molar-refractivity contribution in [2.24, 2.45) is 0 Å². The molecule has 0 radical (unpaired) electrons. The number of piperidine rings is 1. The first-order valence-corrected chi connectivity index (χ1v) is 8.53. The van der Waals surface area contributed by atoms with Gasteiger partial charge in [-0.05, 0) is 25.3 Å². The minimum Gasteiger partial charge on any atom is -0.379 e. The average molecular weight is 340 g/mol. The lowest BCUT2D eigenvalue weighted by Crippen LogP contribution is -2.49. The van der Waals surface area contributed by atoms with Crippen LogP contribution in [-0.4, -0.2) is 55.3 Å². The Morgan fingerprint density at radius 1 is 1.26 bits per heavy atom. The van der Waals surface area contributed by atoms with Gasteiger partial charge in [-0.1, -0.05) is 11.6 Å². The highest BCUT2D eigenvalue weighted by Gasteiger charge is 2.27. The van der Waals surface area contributed by atoms with Gasteiger partial charge in [0.1, 0.15) is 0 Å². The maximum atomic E-state index is 10.9. The summed E-state index contributed by atoms with van der Waals surface area (Å²) in [4.78, 5) is 15.2. The second-order valence-electron chi connectivity index (χ2n) is 6.15. The SMILES string of the molecule is O=[N+]([O-])c1ccc(N2CCCC[C@@H]2CN2CCOCC2)c(Cl)c1. The van der Waals surface area contributed by atoms with Crippen LogP contribution in [0.15, 0.2) is 18.2 Å². The van der Waals surface area contributed by atoms with Crippen molar-refractivity contribution in [3.8, 4) is 0 Å². The lowest BCUT2D eigenvalue weighted by atomic mass is 10.00. The third-order valence-electron chi connectivity index (χ3n) is 4.65. The van der Waals surface area contributed by atoms with E-state index in [1.807, 2.05) is 0 Å². The van der Waals surface area contributed by atoms with E-state index in [-0.39, 0.29) is 5.69 Å². The third-order valence-corrected chi connectivity index (χ3v) is 4.95. The molecule has 6 nitrogen and oxygen atoms in total. The van der Waals surface area contributed by atoms with E-state index in [0.29, 0.717) is 11.1 Å². The number of hydrogen-bond donors (Lipinski definition) is 0. The Labute approximate surface area is 141 Å². The van der Waals surface area contributed by atoms with E-state index >= 15 is 0 Å². The number of non-ortho nitro benzene ring substituents is 1. The number of morpholine rings is 1. The van der Waals surface area contributed by atoms with Gasteiger partial charge in [-0.15, -0.1) is 0 Å². The van der Waals surface area contributed by atoms with Crippen molar-refractivity contribution in [3.63, 3.8) is 0 Å². The highest BCUT2D eigenvalue weighted by Crippen LogP contribution is 2.34. The fraction of sp³-hybridized carbons (Fsp3) is 0.625. The Kier molecular flexibility index (Phi) is 5.35.